The summed E-state index contributed by atoms with van der Waals surface area (Å²) in [6.45, 7) is 11.2. The van der Waals surface area contributed by atoms with Crippen LogP contribution in [0.2, 0.25) is 5.02 Å². The van der Waals surface area contributed by atoms with Crippen molar-refractivity contribution >= 4 is 29.1 Å². The molecule has 0 aliphatic carbocycles. The first-order valence-electron chi connectivity index (χ1n) is 11.8. The largest absolute Gasteiger partial charge is 0.339 e. The van der Waals surface area contributed by atoms with E-state index in [0.29, 0.717) is 46.2 Å². The monoisotopic (exact) mass is 498 g/mol. The molecule has 0 radical (unpaired) electrons. The Kier molecular flexibility index (Phi) is 8.33. The molecule has 3 aromatic rings. The van der Waals surface area contributed by atoms with Gasteiger partial charge in [0, 0.05) is 24.3 Å². The van der Waals surface area contributed by atoms with Crippen molar-refractivity contribution in [2.24, 2.45) is 0 Å². The van der Waals surface area contributed by atoms with Crippen molar-refractivity contribution in [3.63, 3.8) is 0 Å². The van der Waals surface area contributed by atoms with Crippen molar-refractivity contribution in [1.29, 1.82) is 0 Å². The van der Waals surface area contributed by atoms with Crippen molar-refractivity contribution in [1.82, 2.24) is 14.7 Å². The quantitative estimate of drug-likeness (QED) is 0.380. The van der Waals surface area contributed by atoms with Gasteiger partial charge >= 0.3 is 0 Å². The van der Waals surface area contributed by atoms with Gasteiger partial charge in [0.2, 0.25) is 0 Å². The maximum Gasteiger partial charge on any atom is 0.259 e. The lowest BCUT2D eigenvalue weighted by atomic mass is 10.0. The molecule has 0 aliphatic rings. The molecule has 2 amide bonds. The molecule has 6 nitrogen and oxygen atoms in total. The SMILES string of the molecule is CCCN(CCC)C(=O)c1cc(NC(=O)c2cnn(C(C)(C)C)c2-c2ccc(F)cc2)ccc1Cl. The van der Waals surface area contributed by atoms with E-state index in [9.17, 15) is 14.0 Å². The number of anilines is 1. The number of carbonyl (C=O) groups excluding carboxylic acids is 2. The Bertz CT molecular complexity index is 1190. The molecular weight excluding hydrogens is 467 g/mol. The number of rotatable bonds is 8. The summed E-state index contributed by atoms with van der Waals surface area (Å²) in [5, 5.41) is 7.66. The van der Waals surface area contributed by atoms with Crippen LogP contribution in [-0.2, 0) is 5.54 Å². The molecule has 1 N–H and O–H groups in total. The summed E-state index contributed by atoms with van der Waals surface area (Å²) in [5.74, 6) is -0.915. The average Bonchev–Trinajstić information content (AvgIpc) is 3.26. The molecule has 8 heteroatoms. The molecule has 0 spiro atoms. The van der Waals surface area contributed by atoms with E-state index in [1.807, 2.05) is 34.6 Å². The van der Waals surface area contributed by atoms with Crippen molar-refractivity contribution in [2.75, 3.05) is 18.4 Å². The summed E-state index contributed by atoms with van der Waals surface area (Å²) in [6.07, 6.45) is 3.18. The van der Waals surface area contributed by atoms with E-state index >= 15 is 0 Å². The first-order valence-corrected chi connectivity index (χ1v) is 12.2. The topological polar surface area (TPSA) is 67.2 Å². The summed E-state index contributed by atoms with van der Waals surface area (Å²) in [7, 11) is 0. The first-order chi connectivity index (χ1) is 16.6. The van der Waals surface area contributed by atoms with E-state index < -0.39 is 5.54 Å². The zero-order valence-electron chi connectivity index (χ0n) is 20.9. The second kappa shape index (κ2) is 11.0. The number of aromatic nitrogens is 2. The molecular formula is C27H32ClFN4O2. The second-order valence-electron chi connectivity index (χ2n) is 9.44. The molecule has 0 aliphatic heterocycles. The lowest BCUT2D eigenvalue weighted by Crippen LogP contribution is -2.32. The molecule has 0 unspecified atom stereocenters. The predicted molar refractivity (Wildman–Crippen MR) is 139 cm³/mol. The summed E-state index contributed by atoms with van der Waals surface area (Å²) in [4.78, 5) is 28.2. The van der Waals surface area contributed by atoms with Crippen LogP contribution < -0.4 is 5.32 Å². The van der Waals surface area contributed by atoms with Gasteiger partial charge in [0.05, 0.1) is 33.6 Å². The van der Waals surface area contributed by atoms with E-state index in [4.69, 9.17) is 11.6 Å². The molecule has 1 aromatic heterocycles. The van der Waals surface area contributed by atoms with Gasteiger partial charge in [0.1, 0.15) is 5.82 Å². The number of halogens is 2. The maximum absolute atomic E-state index is 13.6. The first kappa shape index (κ1) is 26.4. The molecule has 3 rings (SSSR count). The number of nitrogens with one attached hydrogen (secondary N) is 1. The minimum absolute atomic E-state index is 0.164. The van der Waals surface area contributed by atoms with Crippen LogP contribution in [0.25, 0.3) is 11.3 Å². The summed E-state index contributed by atoms with van der Waals surface area (Å²) >= 11 is 6.36. The van der Waals surface area contributed by atoms with Crippen LogP contribution in [0, 0.1) is 5.82 Å². The zero-order valence-corrected chi connectivity index (χ0v) is 21.6. The van der Waals surface area contributed by atoms with Crippen molar-refractivity contribution in [3.05, 3.63) is 70.6 Å². The standard InChI is InChI=1S/C27H32ClFN4O2/c1-6-14-32(15-7-2)26(35)21-16-20(12-13-23(21)28)31-25(34)22-17-30-33(27(3,4)5)24(22)18-8-10-19(29)11-9-18/h8-13,16-17H,6-7,14-15H2,1-5H3,(H,31,34). The van der Waals surface area contributed by atoms with E-state index in [0.717, 1.165) is 12.8 Å². The highest BCUT2D eigenvalue weighted by Gasteiger charge is 2.26. The number of nitrogens with zero attached hydrogens (tertiary/aromatic N) is 3. The molecule has 0 fully saturated rings. The zero-order chi connectivity index (χ0) is 25.8. The molecule has 0 saturated carbocycles. The molecule has 1 heterocycles. The Hall–Kier alpha value is -3.19. The number of hydrogen-bond donors (Lipinski definition) is 1. The normalized spacial score (nSPS) is 11.4. The fourth-order valence-electron chi connectivity index (χ4n) is 3.90. The van der Waals surface area contributed by atoms with Crippen LogP contribution >= 0.6 is 11.6 Å². The minimum atomic E-state index is -0.413. The van der Waals surface area contributed by atoms with Gasteiger partial charge in [-0.2, -0.15) is 5.10 Å². The highest BCUT2D eigenvalue weighted by atomic mass is 35.5. The van der Waals surface area contributed by atoms with Crippen LogP contribution in [0.5, 0.6) is 0 Å². The maximum atomic E-state index is 13.6. The van der Waals surface area contributed by atoms with Crippen LogP contribution in [-0.4, -0.2) is 39.6 Å². The van der Waals surface area contributed by atoms with E-state index in [-0.39, 0.29) is 17.6 Å². The Balaban J connectivity index is 1.96. The third-order valence-corrected chi connectivity index (χ3v) is 5.83. The molecule has 2 aromatic carbocycles. The van der Waals surface area contributed by atoms with Crippen molar-refractivity contribution in [2.45, 2.75) is 53.0 Å². The van der Waals surface area contributed by atoms with Crippen LogP contribution in [0.4, 0.5) is 10.1 Å². The van der Waals surface area contributed by atoms with Gasteiger partial charge in [-0.1, -0.05) is 25.4 Å². The van der Waals surface area contributed by atoms with Crippen LogP contribution in [0.3, 0.4) is 0 Å². The van der Waals surface area contributed by atoms with Gasteiger partial charge in [-0.05, 0) is 76.1 Å². The summed E-state index contributed by atoms with van der Waals surface area (Å²) < 4.78 is 15.3. The molecule has 186 valence electrons. The van der Waals surface area contributed by atoms with E-state index in [1.54, 1.807) is 39.9 Å². The molecule has 0 saturated heterocycles. The fraction of sp³-hybridized carbons (Fsp3) is 0.370. The second-order valence-corrected chi connectivity index (χ2v) is 9.84. The van der Waals surface area contributed by atoms with Gasteiger partial charge in [-0.3, -0.25) is 14.3 Å². The third kappa shape index (κ3) is 6.09. The number of hydrogen-bond acceptors (Lipinski definition) is 3. The third-order valence-electron chi connectivity index (χ3n) is 5.50. The van der Waals surface area contributed by atoms with Gasteiger partial charge < -0.3 is 10.2 Å². The average molecular weight is 499 g/mol. The smallest absolute Gasteiger partial charge is 0.259 e. The van der Waals surface area contributed by atoms with Crippen molar-refractivity contribution in [3.8, 4) is 11.3 Å². The van der Waals surface area contributed by atoms with Crippen molar-refractivity contribution < 1.29 is 14.0 Å². The summed E-state index contributed by atoms with van der Waals surface area (Å²) in [6, 6.07) is 10.8. The van der Waals surface area contributed by atoms with Crippen LogP contribution in [0.15, 0.2) is 48.7 Å². The fourth-order valence-corrected chi connectivity index (χ4v) is 4.10. The minimum Gasteiger partial charge on any atom is -0.339 e. The Morgan fingerprint density at radius 2 is 1.66 bits per heavy atom. The Labute approximate surface area is 211 Å². The summed E-state index contributed by atoms with van der Waals surface area (Å²) in [5.41, 5.74) is 1.97. The lowest BCUT2D eigenvalue weighted by Gasteiger charge is -2.23. The van der Waals surface area contributed by atoms with Gasteiger partial charge in [0.15, 0.2) is 0 Å². The molecule has 0 atom stereocenters. The Morgan fingerprint density at radius 3 is 2.23 bits per heavy atom. The lowest BCUT2D eigenvalue weighted by molar-refractivity contribution is 0.0755. The van der Waals surface area contributed by atoms with Gasteiger partial charge in [-0.25, -0.2) is 4.39 Å². The number of amides is 2. The highest BCUT2D eigenvalue weighted by molar-refractivity contribution is 6.34. The van der Waals surface area contributed by atoms with Crippen LogP contribution in [0.1, 0.15) is 68.2 Å². The number of benzene rings is 2. The predicted octanol–water partition coefficient (Wildman–Crippen LogP) is 6.61. The molecule has 0 bridgehead atoms. The Morgan fingerprint density at radius 1 is 1.03 bits per heavy atom. The highest BCUT2D eigenvalue weighted by Crippen LogP contribution is 2.30. The van der Waals surface area contributed by atoms with Gasteiger partial charge in [0.25, 0.3) is 11.8 Å². The van der Waals surface area contributed by atoms with Gasteiger partial charge in [-0.15, -0.1) is 0 Å². The van der Waals surface area contributed by atoms with E-state index in [2.05, 4.69) is 10.4 Å². The number of carbonyl (C=O) groups is 2. The molecule has 35 heavy (non-hydrogen) atoms. The van der Waals surface area contributed by atoms with E-state index in [1.165, 1.54) is 18.3 Å².